The molecule has 0 bridgehead atoms. The Morgan fingerprint density at radius 2 is 2.04 bits per heavy atom. The van der Waals surface area contributed by atoms with Crippen molar-refractivity contribution in [3.05, 3.63) is 24.3 Å². The van der Waals surface area contributed by atoms with Crippen LogP contribution < -0.4 is 10.1 Å². The molecule has 0 radical (unpaired) electrons. The normalized spacial score (nSPS) is 13.6. The average molecular weight is 375 g/mol. The van der Waals surface area contributed by atoms with E-state index in [1.807, 2.05) is 28.8 Å². The molecule has 1 saturated carbocycles. The molecule has 6 nitrogen and oxygen atoms in total. The van der Waals surface area contributed by atoms with E-state index in [-0.39, 0.29) is 5.91 Å². The number of thioether (sulfide) groups is 1. The van der Waals surface area contributed by atoms with Gasteiger partial charge in [0.05, 0.1) is 12.4 Å². The van der Waals surface area contributed by atoms with Crippen molar-refractivity contribution in [1.29, 1.82) is 0 Å². The molecule has 1 aliphatic carbocycles. The van der Waals surface area contributed by atoms with Gasteiger partial charge in [0.15, 0.2) is 11.0 Å². The Bertz CT molecular complexity index is 726. The van der Waals surface area contributed by atoms with Crippen LogP contribution >= 0.6 is 11.8 Å². The molecule has 2 aromatic rings. The summed E-state index contributed by atoms with van der Waals surface area (Å²) in [5.41, 5.74) is 0.997. The fourth-order valence-electron chi connectivity index (χ4n) is 2.56. The zero-order valence-corrected chi connectivity index (χ0v) is 16.2. The van der Waals surface area contributed by atoms with Gasteiger partial charge in [-0.3, -0.25) is 4.79 Å². The monoisotopic (exact) mass is 374 g/mol. The second kappa shape index (κ2) is 9.07. The number of unbranched alkanes of at least 4 members (excludes halogenated alkanes) is 1. The highest BCUT2D eigenvalue weighted by atomic mass is 32.2. The van der Waals surface area contributed by atoms with Crippen LogP contribution in [0.3, 0.4) is 0 Å². The SMILES string of the molecule is CCCCOc1ccc(-c2nnc(SCC(=O)NC3CC3)n2CC)cc1. The van der Waals surface area contributed by atoms with E-state index in [1.165, 1.54) is 11.8 Å². The van der Waals surface area contributed by atoms with Crippen LogP contribution in [-0.4, -0.2) is 39.1 Å². The third-order valence-corrected chi connectivity index (χ3v) is 5.15. The van der Waals surface area contributed by atoms with Crippen molar-refractivity contribution in [2.45, 2.75) is 57.3 Å². The Balaban J connectivity index is 1.63. The number of nitrogens with one attached hydrogen (secondary N) is 1. The molecule has 26 heavy (non-hydrogen) atoms. The number of nitrogens with zero attached hydrogens (tertiary/aromatic N) is 3. The first-order chi connectivity index (χ1) is 12.7. The quantitative estimate of drug-likeness (QED) is 0.509. The van der Waals surface area contributed by atoms with Crippen LogP contribution in [0.2, 0.25) is 0 Å². The van der Waals surface area contributed by atoms with E-state index in [9.17, 15) is 4.79 Å². The first-order valence-electron chi connectivity index (χ1n) is 9.29. The average Bonchev–Trinajstić information content (AvgIpc) is 3.37. The van der Waals surface area contributed by atoms with Crippen molar-refractivity contribution in [2.24, 2.45) is 0 Å². The largest absolute Gasteiger partial charge is 0.494 e. The second-order valence-corrected chi connectivity index (χ2v) is 7.35. The molecule has 1 fully saturated rings. The van der Waals surface area contributed by atoms with Gasteiger partial charge in [0.25, 0.3) is 0 Å². The van der Waals surface area contributed by atoms with Crippen molar-refractivity contribution in [3.63, 3.8) is 0 Å². The van der Waals surface area contributed by atoms with Crippen molar-refractivity contribution >= 4 is 17.7 Å². The van der Waals surface area contributed by atoms with Crippen molar-refractivity contribution in [2.75, 3.05) is 12.4 Å². The van der Waals surface area contributed by atoms with Crippen LogP contribution in [-0.2, 0) is 11.3 Å². The van der Waals surface area contributed by atoms with Crippen molar-refractivity contribution in [1.82, 2.24) is 20.1 Å². The molecule has 0 spiro atoms. The first-order valence-corrected chi connectivity index (χ1v) is 10.3. The standard InChI is InChI=1S/C19H26N4O2S/c1-3-5-12-25-16-10-6-14(7-11-16)18-21-22-19(23(18)4-2)26-13-17(24)20-15-8-9-15/h6-7,10-11,15H,3-5,8-9,12-13H2,1-2H3,(H,20,24). The smallest absolute Gasteiger partial charge is 0.230 e. The zero-order chi connectivity index (χ0) is 18.4. The van der Waals surface area contributed by atoms with Gasteiger partial charge < -0.3 is 14.6 Å². The Hall–Kier alpha value is -2.02. The predicted molar refractivity (Wildman–Crippen MR) is 103 cm³/mol. The fraction of sp³-hybridized carbons (Fsp3) is 0.526. The van der Waals surface area contributed by atoms with Crippen LogP contribution in [0.4, 0.5) is 0 Å². The maximum Gasteiger partial charge on any atom is 0.230 e. The first kappa shape index (κ1) is 18.8. The number of ether oxygens (including phenoxy) is 1. The van der Waals surface area contributed by atoms with Crippen LogP contribution in [0, 0.1) is 0 Å². The molecular weight excluding hydrogens is 348 g/mol. The number of rotatable bonds is 10. The highest BCUT2D eigenvalue weighted by Gasteiger charge is 2.23. The Kier molecular flexibility index (Phi) is 6.55. The number of carbonyl (C=O) groups is 1. The van der Waals surface area contributed by atoms with Crippen LogP contribution in [0.25, 0.3) is 11.4 Å². The van der Waals surface area contributed by atoms with Crippen LogP contribution in [0.15, 0.2) is 29.4 Å². The summed E-state index contributed by atoms with van der Waals surface area (Å²) in [6, 6.07) is 8.34. The minimum absolute atomic E-state index is 0.0679. The van der Waals surface area contributed by atoms with E-state index in [2.05, 4.69) is 29.4 Å². The Morgan fingerprint density at radius 3 is 2.69 bits per heavy atom. The number of carbonyl (C=O) groups excluding carboxylic acids is 1. The summed E-state index contributed by atoms with van der Waals surface area (Å²) in [5.74, 6) is 2.13. The molecule has 0 unspecified atom stereocenters. The molecule has 1 aromatic carbocycles. The molecule has 140 valence electrons. The van der Waals surface area contributed by atoms with E-state index < -0.39 is 0 Å². The summed E-state index contributed by atoms with van der Waals surface area (Å²) in [5, 5.41) is 12.4. The number of amides is 1. The second-order valence-electron chi connectivity index (χ2n) is 6.41. The third-order valence-electron chi connectivity index (χ3n) is 4.19. The van der Waals surface area contributed by atoms with E-state index in [0.29, 0.717) is 11.8 Å². The van der Waals surface area contributed by atoms with Gasteiger partial charge in [0.2, 0.25) is 5.91 Å². The summed E-state index contributed by atoms with van der Waals surface area (Å²) >= 11 is 1.43. The zero-order valence-electron chi connectivity index (χ0n) is 15.4. The lowest BCUT2D eigenvalue weighted by Crippen LogP contribution is -2.27. The van der Waals surface area contributed by atoms with Gasteiger partial charge in [-0.25, -0.2) is 0 Å². The summed E-state index contributed by atoms with van der Waals surface area (Å²) in [7, 11) is 0. The number of hydrogen-bond donors (Lipinski definition) is 1. The lowest BCUT2D eigenvalue weighted by molar-refractivity contribution is -0.118. The maximum atomic E-state index is 11.9. The van der Waals surface area contributed by atoms with Gasteiger partial charge in [0, 0.05) is 18.2 Å². The minimum atomic E-state index is 0.0679. The highest BCUT2D eigenvalue weighted by molar-refractivity contribution is 7.99. The van der Waals surface area contributed by atoms with E-state index >= 15 is 0 Å². The maximum absolute atomic E-state index is 11.9. The number of hydrogen-bond acceptors (Lipinski definition) is 5. The Morgan fingerprint density at radius 1 is 1.27 bits per heavy atom. The van der Waals surface area contributed by atoms with Crippen molar-refractivity contribution in [3.8, 4) is 17.1 Å². The molecule has 1 amide bonds. The van der Waals surface area contributed by atoms with Gasteiger partial charge in [-0.15, -0.1) is 10.2 Å². The van der Waals surface area contributed by atoms with E-state index in [4.69, 9.17) is 4.74 Å². The number of benzene rings is 1. The van der Waals surface area contributed by atoms with E-state index in [1.54, 1.807) is 0 Å². The van der Waals surface area contributed by atoms with Crippen LogP contribution in [0.5, 0.6) is 5.75 Å². The molecule has 1 heterocycles. The van der Waals surface area contributed by atoms with Gasteiger partial charge >= 0.3 is 0 Å². The molecule has 0 atom stereocenters. The molecule has 1 aromatic heterocycles. The third kappa shape index (κ3) is 5.00. The minimum Gasteiger partial charge on any atom is -0.494 e. The lowest BCUT2D eigenvalue weighted by Gasteiger charge is -2.09. The predicted octanol–water partition coefficient (Wildman–Crippen LogP) is 3.51. The highest BCUT2D eigenvalue weighted by Crippen LogP contribution is 2.26. The molecule has 3 rings (SSSR count). The van der Waals surface area contributed by atoms with Gasteiger partial charge in [0.1, 0.15) is 5.75 Å². The lowest BCUT2D eigenvalue weighted by atomic mass is 10.2. The molecule has 7 heteroatoms. The number of aromatic nitrogens is 3. The summed E-state index contributed by atoms with van der Waals surface area (Å²) < 4.78 is 7.75. The van der Waals surface area contributed by atoms with Gasteiger partial charge in [-0.05, 0) is 50.5 Å². The summed E-state index contributed by atoms with van der Waals surface area (Å²) in [6.07, 6.45) is 4.38. The summed E-state index contributed by atoms with van der Waals surface area (Å²) in [6.45, 7) is 5.70. The van der Waals surface area contributed by atoms with Crippen LogP contribution in [0.1, 0.15) is 39.5 Å². The molecule has 0 saturated heterocycles. The topological polar surface area (TPSA) is 69.0 Å². The fourth-order valence-corrected chi connectivity index (χ4v) is 3.37. The Labute approximate surface area is 158 Å². The van der Waals surface area contributed by atoms with Gasteiger partial charge in [-0.1, -0.05) is 25.1 Å². The molecule has 0 aliphatic heterocycles. The molecular formula is C19H26N4O2S. The van der Waals surface area contributed by atoms with Gasteiger partial charge in [-0.2, -0.15) is 0 Å². The van der Waals surface area contributed by atoms with Crippen molar-refractivity contribution < 1.29 is 9.53 Å². The summed E-state index contributed by atoms with van der Waals surface area (Å²) in [4.78, 5) is 11.9. The molecule has 1 aliphatic rings. The molecule has 1 N–H and O–H groups in total. The van der Waals surface area contributed by atoms with E-state index in [0.717, 1.165) is 61.1 Å².